The fraction of sp³-hybridized carbons (Fsp3) is 0.533. The molecular formula is C15H22BrNO. The van der Waals surface area contributed by atoms with Crippen LogP contribution in [0.5, 0.6) is 0 Å². The van der Waals surface area contributed by atoms with Crippen LogP contribution in [0, 0.1) is 0 Å². The highest BCUT2D eigenvalue weighted by atomic mass is 79.9. The molecule has 0 saturated carbocycles. The van der Waals surface area contributed by atoms with Crippen molar-refractivity contribution in [1.29, 1.82) is 0 Å². The summed E-state index contributed by atoms with van der Waals surface area (Å²) < 4.78 is 0. The molecule has 0 spiro atoms. The van der Waals surface area contributed by atoms with E-state index in [-0.39, 0.29) is 17.9 Å². The molecule has 0 heterocycles. The van der Waals surface area contributed by atoms with Gasteiger partial charge in [-0.1, -0.05) is 53.2 Å². The van der Waals surface area contributed by atoms with Crippen molar-refractivity contribution in [2.24, 2.45) is 0 Å². The summed E-state index contributed by atoms with van der Waals surface area (Å²) >= 11 is 3.42. The van der Waals surface area contributed by atoms with Crippen LogP contribution >= 0.6 is 15.9 Å². The minimum atomic E-state index is -0.0207. The summed E-state index contributed by atoms with van der Waals surface area (Å²) in [6, 6.07) is 10.3. The van der Waals surface area contributed by atoms with E-state index >= 15 is 0 Å². The van der Waals surface area contributed by atoms with Crippen LogP contribution in [0.4, 0.5) is 0 Å². The van der Waals surface area contributed by atoms with Crippen molar-refractivity contribution >= 4 is 21.8 Å². The standard InChI is InChI=1S/C15H22BrNO/c1-4-14(13-8-6-5-7-9-13)15(18)17(11-10-16)12(2)3/h5-9,12,14H,4,10-11H2,1-3H3. The number of alkyl halides is 1. The van der Waals surface area contributed by atoms with Crippen molar-refractivity contribution in [2.45, 2.75) is 39.2 Å². The van der Waals surface area contributed by atoms with Crippen molar-refractivity contribution in [1.82, 2.24) is 4.90 Å². The van der Waals surface area contributed by atoms with Crippen LogP contribution in [0.3, 0.4) is 0 Å². The predicted molar refractivity (Wildman–Crippen MR) is 80.1 cm³/mol. The number of halogens is 1. The zero-order valence-electron chi connectivity index (χ0n) is 11.4. The number of carbonyl (C=O) groups is 1. The molecule has 3 heteroatoms. The summed E-state index contributed by atoms with van der Waals surface area (Å²) in [4.78, 5) is 14.6. The van der Waals surface area contributed by atoms with E-state index in [1.165, 1.54) is 0 Å². The van der Waals surface area contributed by atoms with Gasteiger partial charge < -0.3 is 4.90 Å². The van der Waals surface area contributed by atoms with E-state index in [0.717, 1.165) is 23.9 Å². The topological polar surface area (TPSA) is 20.3 Å². The molecule has 1 rings (SSSR count). The molecule has 1 atom stereocenters. The van der Waals surface area contributed by atoms with E-state index in [9.17, 15) is 4.79 Å². The molecule has 0 aliphatic heterocycles. The molecule has 0 aliphatic rings. The van der Waals surface area contributed by atoms with Gasteiger partial charge in [0.15, 0.2) is 0 Å². The summed E-state index contributed by atoms with van der Waals surface area (Å²) in [5, 5.41) is 0.822. The fourth-order valence-corrected chi connectivity index (χ4v) is 2.53. The summed E-state index contributed by atoms with van der Waals surface area (Å²) in [6.45, 7) is 6.97. The van der Waals surface area contributed by atoms with Gasteiger partial charge in [-0.15, -0.1) is 0 Å². The summed E-state index contributed by atoms with van der Waals surface area (Å²) in [7, 11) is 0. The highest BCUT2D eigenvalue weighted by Crippen LogP contribution is 2.23. The Morgan fingerprint density at radius 3 is 2.33 bits per heavy atom. The van der Waals surface area contributed by atoms with E-state index in [1.807, 2.05) is 35.2 Å². The molecule has 1 aromatic rings. The van der Waals surface area contributed by atoms with Gasteiger partial charge in [0.1, 0.15) is 0 Å². The van der Waals surface area contributed by atoms with Gasteiger partial charge in [-0.2, -0.15) is 0 Å². The van der Waals surface area contributed by atoms with Crippen LogP contribution in [0.25, 0.3) is 0 Å². The SMILES string of the molecule is CCC(C(=O)N(CCBr)C(C)C)c1ccccc1. The maximum absolute atomic E-state index is 12.6. The maximum Gasteiger partial charge on any atom is 0.230 e. The van der Waals surface area contributed by atoms with Crippen LogP contribution in [0.1, 0.15) is 38.7 Å². The van der Waals surface area contributed by atoms with Crippen molar-refractivity contribution in [3.8, 4) is 0 Å². The van der Waals surface area contributed by atoms with Gasteiger partial charge >= 0.3 is 0 Å². The minimum absolute atomic E-state index is 0.0207. The van der Waals surface area contributed by atoms with Crippen molar-refractivity contribution in [3.63, 3.8) is 0 Å². The van der Waals surface area contributed by atoms with E-state index in [1.54, 1.807) is 0 Å². The van der Waals surface area contributed by atoms with E-state index < -0.39 is 0 Å². The van der Waals surface area contributed by atoms with E-state index in [2.05, 4.69) is 36.7 Å². The first-order chi connectivity index (χ1) is 8.61. The van der Waals surface area contributed by atoms with Crippen LogP contribution in [-0.2, 0) is 4.79 Å². The number of hydrogen-bond acceptors (Lipinski definition) is 1. The van der Waals surface area contributed by atoms with Crippen molar-refractivity contribution < 1.29 is 4.79 Å². The third-order valence-corrected chi connectivity index (χ3v) is 3.49. The predicted octanol–water partition coefficient (Wildman–Crippen LogP) is 3.81. The second-order valence-electron chi connectivity index (χ2n) is 4.69. The smallest absolute Gasteiger partial charge is 0.230 e. The fourth-order valence-electron chi connectivity index (χ4n) is 2.15. The molecule has 0 aromatic heterocycles. The van der Waals surface area contributed by atoms with Crippen LogP contribution < -0.4 is 0 Å². The number of amides is 1. The highest BCUT2D eigenvalue weighted by molar-refractivity contribution is 9.09. The lowest BCUT2D eigenvalue weighted by atomic mass is 9.94. The van der Waals surface area contributed by atoms with Crippen molar-refractivity contribution in [3.05, 3.63) is 35.9 Å². The van der Waals surface area contributed by atoms with Gasteiger partial charge in [-0.25, -0.2) is 0 Å². The van der Waals surface area contributed by atoms with E-state index in [0.29, 0.717) is 0 Å². The first kappa shape index (κ1) is 15.2. The third kappa shape index (κ3) is 3.84. The van der Waals surface area contributed by atoms with Crippen LogP contribution in [0.2, 0.25) is 0 Å². The molecule has 100 valence electrons. The molecule has 18 heavy (non-hydrogen) atoms. The Balaban J connectivity index is 2.90. The van der Waals surface area contributed by atoms with Crippen LogP contribution in [-0.4, -0.2) is 28.7 Å². The van der Waals surface area contributed by atoms with Gasteiger partial charge in [0.25, 0.3) is 0 Å². The summed E-state index contributed by atoms with van der Waals surface area (Å²) in [5.41, 5.74) is 1.12. The lowest BCUT2D eigenvalue weighted by Crippen LogP contribution is -2.41. The Kier molecular flexibility index (Phi) is 6.41. The number of carbonyl (C=O) groups excluding carboxylic acids is 1. The Morgan fingerprint density at radius 2 is 1.89 bits per heavy atom. The molecule has 0 fully saturated rings. The molecule has 1 amide bonds. The molecule has 0 saturated heterocycles. The molecule has 1 unspecified atom stereocenters. The zero-order chi connectivity index (χ0) is 13.5. The number of benzene rings is 1. The second-order valence-corrected chi connectivity index (χ2v) is 5.48. The molecule has 2 nitrogen and oxygen atoms in total. The average molecular weight is 312 g/mol. The number of nitrogens with zero attached hydrogens (tertiary/aromatic N) is 1. The third-order valence-electron chi connectivity index (χ3n) is 3.14. The Labute approximate surface area is 119 Å². The summed E-state index contributed by atoms with van der Waals surface area (Å²) in [6.07, 6.45) is 0.842. The Morgan fingerprint density at radius 1 is 1.28 bits per heavy atom. The lowest BCUT2D eigenvalue weighted by molar-refractivity contribution is -0.134. The molecule has 0 aliphatic carbocycles. The largest absolute Gasteiger partial charge is 0.339 e. The van der Waals surface area contributed by atoms with Gasteiger partial charge in [0.2, 0.25) is 5.91 Å². The normalized spacial score (nSPS) is 12.5. The average Bonchev–Trinajstić information content (AvgIpc) is 2.37. The van der Waals surface area contributed by atoms with Gasteiger partial charge in [-0.3, -0.25) is 4.79 Å². The second kappa shape index (κ2) is 7.57. The molecule has 0 radical (unpaired) electrons. The van der Waals surface area contributed by atoms with E-state index in [4.69, 9.17) is 0 Å². The zero-order valence-corrected chi connectivity index (χ0v) is 13.0. The summed E-state index contributed by atoms with van der Waals surface area (Å²) in [5.74, 6) is 0.214. The first-order valence-electron chi connectivity index (χ1n) is 6.53. The molecule has 0 bridgehead atoms. The number of hydrogen-bond donors (Lipinski definition) is 0. The molecule has 0 N–H and O–H groups in total. The monoisotopic (exact) mass is 311 g/mol. The van der Waals surface area contributed by atoms with Gasteiger partial charge in [0.05, 0.1) is 5.92 Å². The van der Waals surface area contributed by atoms with Crippen LogP contribution in [0.15, 0.2) is 30.3 Å². The highest BCUT2D eigenvalue weighted by Gasteiger charge is 2.25. The molecule has 1 aromatic carbocycles. The van der Waals surface area contributed by atoms with Crippen molar-refractivity contribution in [2.75, 3.05) is 11.9 Å². The maximum atomic E-state index is 12.6. The lowest BCUT2D eigenvalue weighted by Gasteiger charge is -2.30. The Hall–Kier alpha value is -0.830. The molecular weight excluding hydrogens is 290 g/mol. The first-order valence-corrected chi connectivity index (χ1v) is 7.65. The minimum Gasteiger partial charge on any atom is -0.339 e. The Bertz CT molecular complexity index is 364. The van der Waals surface area contributed by atoms with Gasteiger partial charge in [0, 0.05) is 17.9 Å². The quantitative estimate of drug-likeness (QED) is 0.731. The van der Waals surface area contributed by atoms with Gasteiger partial charge in [-0.05, 0) is 25.8 Å². The number of rotatable bonds is 6.